The Balaban J connectivity index is 1.99. The Labute approximate surface area is 115 Å². The van der Waals surface area contributed by atoms with Crippen LogP contribution in [0.4, 0.5) is 5.69 Å². The van der Waals surface area contributed by atoms with Gasteiger partial charge in [0.1, 0.15) is 6.07 Å². The molecule has 2 aromatic rings. The van der Waals surface area contributed by atoms with Gasteiger partial charge in [0.25, 0.3) is 0 Å². The van der Waals surface area contributed by atoms with Crippen LogP contribution in [0, 0.1) is 11.3 Å². The van der Waals surface area contributed by atoms with Crippen LogP contribution >= 0.6 is 15.9 Å². The Morgan fingerprint density at radius 3 is 2.56 bits per heavy atom. The van der Waals surface area contributed by atoms with E-state index in [1.807, 2.05) is 48.5 Å². The van der Waals surface area contributed by atoms with E-state index < -0.39 is 0 Å². The minimum Gasteiger partial charge on any atom is -0.321 e. The molecule has 0 saturated heterocycles. The number of nitriles is 1. The Morgan fingerprint density at radius 1 is 1.06 bits per heavy atom. The third kappa shape index (κ3) is 3.10. The van der Waals surface area contributed by atoms with Crippen molar-refractivity contribution in [1.29, 1.82) is 5.26 Å². The van der Waals surface area contributed by atoms with E-state index in [1.54, 1.807) is 0 Å². The van der Waals surface area contributed by atoms with Crippen LogP contribution in [-0.4, -0.2) is 0 Å². The summed E-state index contributed by atoms with van der Waals surface area (Å²) in [5.74, 6) is 0. The summed E-state index contributed by atoms with van der Waals surface area (Å²) in [6.07, 6.45) is 0. The second kappa shape index (κ2) is 6.20. The van der Waals surface area contributed by atoms with E-state index in [0.29, 0.717) is 12.1 Å². The van der Waals surface area contributed by atoms with Crippen molar-refractivity contribution >= 4 is 21.6 Å². The highest BCUT2D eigenvalue weighted by Gasteiger charge is 2.04. The van der Waals surface area contributed by atoms with Gasteiger partial charge in [0.15, 0.2) is 0 Å². The summed E-state index contributed by atoms with van der Waals surface area (Å²) in [5, 5.41) is 9.09. The maximum Gasteiger partial charge on any atom is 0.101 e. The molecule has 2 rings (SSSR count). The Bertz CT molecular complexity index is 561. The van der Waals surface area contributed by atoms with Crippen LogP contribution in [0.5, 0.6) is 0 Å². The number of benzene rings is 2. The first-order valence-corrected chi connectivity index (χ1v) is 6.32. The van der Waals surface area contributed by atoms with Crippen LogP contribution in [0.15, 0.2) is 53.0 Å². The number of rotatable bonds is 4. The average molecular weight is 302 g/mol. The van der Waals surface area contributed by atoms with E-state index >= 15 is 0 Å². The molecule has 0 heterocycles. The largest absolute Gasteiger partial charge is 0.321 e. The topological polar surface area (TPSA) is 47.9 Å². The summed E-state index contributed by atoms with van der Waals surface area (Å²) < 4.78 is 0.823. The van der Waals surface area contributed by atoms with Gasteiger partial charge in [-0.05, 0) is 39.7 Å². The molecule has 90 valence electrons. The first kappa shape index (κ1) is 12.6. The van der Waals surface area contributed by atoms with E-state index in [9.17, 15) is 0 Å². The maximum atomic E-state index is 9.09. The minimum absolute atomic E-state index is 0.581. The summed E-state index contributed by atoms with van der Waals surface area (Å²) in [6.45, 7) is 0.581. The fourth-order valence-corrected chi connectivity index (χ4v) is 2.10. The number of hydrazine groups is 1. The lowest BCUT2D eigenvalue weighted by Gasteiger charge is -2.10. The highest BCUT2D eigenvalue weighted by molar-refractivity contribution is 9.10. The van der Waals surface area contributed by atoms with Gasteiger partial charge in [-0.15, -0.1) is 0 Å². The van der Waals surface area contributed by atoms with Crippen LogP contribution in [-0.2, 0) is 6.54 Å². The molecule has 0 aliphatic carbocycles. The van der Waals surface area contributed by atoms with E-state index in [4.69, 9.17) is 5.26 Å². The van der Waals surface area contributed by atoms with Gasteiger partial charge < -0.3 is 5.43 Å². The smallest absolute Gasteiger partial charge is 0.101 e. The molecule has 0 fully saturated rings. The summed E-state index contributed by atoms with van der Waals surface area (Å²) >= 11 is 3.37. The second-order valence-corrected chi connectivity index (χ2v) is 4.58. The van der Waals surface area contributed by atoms with Crippen molar-refractivity contribution in [1.82, 2.24) is 5.43 Å². The molecule has 18 heavy (non-hydrogen) atoms. The van der Waals surface area contributed by atoms with Gasteiger partial charge in [0.05, 0.1) is 5.56 Å². The molecule has 0 aliphatic heterocycles. The van der Waals surface area contributed by atoms with E-state index in [2.05, 4.69) is 32.9 Å². The molecule has 2 aromatic carbocycles. The van der Waals surface area contributed by atoms with E-state index in [0.717, 1.165) is 15.7 Å². The van der Waals surface area contributed by atoms with Gasteiger partial charge in [-0.1, -0.05) is 30.3 Å². The monoisotopic (exact) mass is 301 g/mol. The number of nitrogens with one attached hydrogen (secondary N) is 2. The number of halogens is 1. The van der Waals surface area contributed by atoms with Gasteiger partial charge in [-0.25, -0.2) is 5.43 Å². The van der Waals surface area contributed by atoms with Gasteiger partial charge in [0, 0.05) is 16.7 Å². The number of anilines is 1. The molecule has 0 aromatic heterocycles. The molecular weight excluding hydrogens is 290 g/mol. The van der Waals surface area contributed by atoms with Crippen molar-refractivity contribution in [3.05, 3.63) is 64.1 Å². The van der Waals surface area contributed by atoms with E-state index in [-0.39, 0.29) is 0 Å². The standard InChI is InChI=1S/C14H12BrN3/c15-14-8-4-5-11(13(14)9-16)10-17-18-12-6-2-1-3-7-12/h1-8,17-18H,10H2. The maximum absolute atomic E-state index is 9.09. The number of hydrogen-bond acceptors (Lipinski definition) is 3. The SMILES string of the molecule is N#Cc1c(Br)cccc1CNNc1ccccc1. The normalized spacial score (nSPS) is 9.78. The van der Waals surface area contributed by atoms with Crippen molar-refractivity contribution in [2.75, 3.05) is 5.43 Å². The summed E-state index contributed by atoms with van der Waals surface area (Å²) in [4.78, 5) is 0. The van der Waals surface area contributed by atoms with E-state index in [1.165, 1.54) is 0 Å². The molecule has 2 N–H and O–H groups in total. The predicted molar refractivity (Wildman–Crippen MR) is 75.8 cm³/mol. The van der Waals surface area contributed by atoms with Crippen LogP contribution in [0.25, 0.3) is 0 Å². The highest BCUT2D eigenvalue weighted by Crippen LogP contribution is 2.19. The molecule has 0 unspecified atom stereocenters. The lowest BCUT2D eigenvalue weighted by Crippen LogP contribution is -2.21. The molecule has 0 atom stereocenters. The summed E-state index contributed by atoms with van der Waals surface area (Å²) in [6, 6.07) is 17.8. The Hall–Kier alpha value is -1.83. The third-order valence-electron chi connectivity index (χ3n) is 2.50. The lowest BCUT2D eigenvalue weighted by molar-refractivity contribution is 0.799. The first-order valence-electron chi connectivity index (χ1n) is 5.52. The number of nitrogens with zero attached hydrogens (tertiary/aromatic N) is 1. The van der Waals surface area contributed by atoms with Crippen LogP contribution in [0.1, 0.15) is 11.1 Å². The van der Waals surface area contributed by atoms with Crippen LogP contribution in [0.2, 0.25) is 0 Å². The molecule has 4 heteroatoms. The molecule has 3 nitrogen and oxygen atoms in total. The predicted octanol–water partition coefficient (Wildman–Crippen LogP) is 3.44. The van der Waals surface area contributed by atoms with Crippen molar-refractivity contribution in [2.24, 2.45) is 0 Å². The molecule has 0 saturated carbocycles. The molecule has 0 radical (unpaired) electrons. The zero-order chi connectivity index (χ0) is 12.8. The first-order chi connectivity index (χ1) is 8.81. The molecular formula is C14H12BrN3. The molecule has 0 spiro atoms. The van der Waals surface area contributed by atoms with Crippen molar-refractivity contribution in [3.63, 3.8) is 0 Å². The second-order valence-electron chi connectivity index (χ2n) is 3.73. The lowest BCUT2D eigenvalue weighted by atomic mass is 10.1. The zero-order valence-corrected chi connectivity index (χ0v) is 11.2. The average Bonchev–Trinajstić information content (AvgIpc) is 2.40. The van der Waals surface area contributed by atoms with Crippen molar-refractivity contribution < 1.29 is 0 Å². The quantitative estimate of drug-likeness (QED) is 0.851. The molecule has 0 bridgehead atoms. The minimum atomic E-state index is 0.581. The van der Waals surface area contributed by atoms with Gasteiger partial charge >= 0.3 is 0 Å². The number of para-hydroxylation sites is 1. The zero-order valence-electron chi connectivity index (χ0n) is 9.65. The summed E-state index contributed by atoms with van der Waals surface area (Å²) in [7, 11) is 0. The Kier molecular flexibility index (Phi) is 4.35. The highest BCUT2D eigenvalue weighted by atomic mass is 79.9. The fraction of sp³-hybridized carbons (Fsp3) is 0.0714. The van der Waals surface area contributed by atoms with Crippen molar-refractivity contribution in [2.45, 2.75) is 6.54 Å². The van der Waals surface area contributed by atoms with Gasteiger partial charge in [0.2, 0.25) is 0 Å². The van der Waals surface area contributed by atoms with Crippen LogP contribution < -0.4 is 10.9 Å². The van der Waals surface area contributed by atoms with Crippen LogP contribution in [0.3, 0.4) is 0 Å². The number of hydrogen-bond donors (Lipinski definition) is 2. The molecule has 0 aliphatic rings. The Morgan fingerprint density at radius 2 is 1.83 bits per heavy atom. The van der Waals surface area contributed by atoms with Crippen molar-refractivity contribution in [3.8, 4) is 6.07 Å². The van der Waals surface area contributed by atoms with Gasteiger partial charge in [-0.2, -0.15) is 5.26 Å². The van der Waals surface area contributed by atoms with Gasteiger partial charge in [-0.3, -0.25) is 0 Å². The summed E-state index contributed by atoms with van der Waals surface area (Å²) in [5.41, 5.74) is 8.80. The fourth-order valence-electron chi connectivity index (χ4n) is 1.60. The molecule has 0 amide bonds. The third-order valence-corrected chi connectivity index (χ3v) is 3.16.